The Labute approximate surface area is 153 Å². The summed E-state index contributed by atoms with van der Waals surface area (Å²) < 4.78 is 0. The molecule has 2 rings (SSSR count). The van der Waals surface area contributed by atoms with Crippen molar-refractivity contribution in [2.45, 2.75) is 76.7 Å². The topological polar surface area (TPSA) is 60.7 Å². The Morgan fingerprint density at radius 3 is 2.52 bits per heavy atom. The molecule has 1 saturated carbocycles. The molecule has 0 aromatic heterocycles. The molecule has 0 amide bonds. The third-order valence-electron chi connectivity index (χ3n) is 5.81. The lowest BCUT2D eigenvalue weighted by molar-refractivity contribution is 0.141. The molecule has 0 saturated heterocycles. The molecule has 142 valence electrons. The van der Waals surface area contributed by atoms with Crippen LogP contribution in [-0.4, -0.2) is 28.0 Å². The van der Waals surface area contributed by atoms with E-state index < -0.39 is 0 Å². The van der Waals surface area contributed by atoms with Crippen LogP contribution >= 0.6 is 0 Å². The van der Waals surface area contributed by atoms with Crippen molar-refractivity contribution >= 4 is 0 Å². The van der Waals surface area contributed by atoms with Crippen molar-refractivity contribution in [3.8, 4) is 0 Å². The molecule has 3 nitrogen and oxygen atoms in total. The fourth-order valence-electron chi connectivity index (χ4n) is 4.46. The van der Waals surface area contributed by atoms with Gasteiger partial charge in [-0.2, -0.15) is 0 Å². The standard InChI is InChI=1S/C22H36O3/c23-13-9-5-3-1-2-4-8-12-20-21-16-18(11-7-6-10-14-24)15-19(21)17-22(20)25/h8-9,12-13,15,19-25H,1-7,10-11,14,16-17H2/t19-,20-,21-,22-/m1/s1. The van der Waals surface area contributed by atoms with Crippen LogP contribution in [0.3, 0.4) is 0 Å². The van der Waals surface area contributed by atoms with E-state index in [4.69, 9.17) is 10.2 Å². The molecule has 4 atom stereocenters. The maximum atomic E-state index is 10.4. The van der Waals surface area contributed by atoms with Gasteiger partial charge < -0.3 is 15.3 Å². The Hall–Kier alpha value is -1.06. The van der Waals surface area contributed by atoms with Crippen molar-refractivity contribution in [3.05, 3.63) is 36.1 Å². The minimum atomic E-state index is -0.173. The molecule has 2 aliphatic carbocycles. The predicted octanol–water partition coefficient (Wildman–Crippen LogP) is 5.06. The molecule has 0 radical (unpaired) electrons. The lowest BCUT2D eigenvalue weighted by atomic mass is 9.88. The number of hydrogen-bond donors (Lipinski definition) is 3. The van der Waals surface area contributed by atoms with Crippen LogP contribution in [0.1, 0.15) is 70.6 Å². The molecule has 25 heavy (non-hydrogen) atoms. The highest BCUT2D eigenvalue weighted by Gasteiger charge is 2.42. The Balaban J connectivity index is 1.67. The van der Waals surface area contributed by atoms with E-state index >= 15 is 0 Å². The second-order valence-corrected chi connectivity index (χ2v) is 7.72. The maximum absolute atomic E-state index is 10.4. The second-order valence-electron chi connectivity index (χ2n) is 7.72. The summed E-state index contributed by atoms with van der Waals surface area (Å²) in [5.41, 5.74) is 1.58. The SMILES string of the molecule is OC=CCCCCCC=C[C@@H]1[C@@H]2CC(CCCCCO)=C[C@@H]2C[C@H]1O. The zero-order valence-corrected chi connectivity index (χ0v) is 15.5. The van der Waals surface area contributed by atoms with Crippen molar-refractivity contribution in [1.29, 1.82) is 0 Å². The largest absolute Gasteiger partial charge is 0.516 e. The van der Waals surface area contributed by atoms with Crippen LogP contribution in [0.25, 0.3) is 0 Å². The number of aliphatic hydroxyl groups is 3. The number of unbranched alkanes of at least 4 members (excludes halogenated alkanes) is 6. The van der Waals surface area contributed by atoms with Crippen LogP contribution in [-0.2, 0) is 0 Å². The highest BCUT2D eigenvalue weighted by Crippen LogP contribution is 2.48. The number of allylic oxidation sites excluding steroid dienone is 4. The van der Waals surface area contributed by atoms with Crippen molar-refractivity contribution in [1.82, 2.24) is 0 Å². The maximum Gasteiger partial charge on any atom is 0.0751 e. The van der Waals surface area contributed by atoms with E-state index in [0.29, 0.717) is 24.4 Å². The summed E-state index contributed by atoms with van der Waals surface area (Å²) in [6.45, 7) is 0.307. The van der Waals surface area contributed by atoms with Crippen LogP contribution < -0.4 is 0 Å². The molecule has 0 spiro atoms. The van der Waals surface area contributed by atoms with Crippen molar-refractivity contribution in [2.24, 2.45) is 17.8 Å². The van der Waals surface area contributed by atoms with E-state index in [0.717, 1.165) is 51.2 Å². The van der Waals surface area contributed by atoms with E-state index in [-0.39, 0.29) is 6.10 Å². The van der Waals surface area contributed by atoms with E-state index in [9.17, 15) is 5.11 Å². The Bertz CT molecular complexity index is 452. The van der Waals surface area contributed by atoms with Gasteiger partial charge in [0.1, 0.15) is 0 Å². The van der Waals surface area contributed by atoms with Crippen molar-refractivity contribution in [3.63, 3.8) is 0 Å². The van der Waals surface area contributed by atoms with Crippen LogP contribution in [0.15, 0.2) is 36.1 Å². The fraction of sp³-hybridized carbons (Fsp3) is 0.727. The third-order valence-corrected chi connectivity index (χ3v) is 5.81. The molecule has 0 heterocycles. The minimum Gasteiger partial charge on any atom is -0.516 e. The molecule has 0 bridgehead atoms. The summed E-state index contributed by atoms with van der Waals surface area (Å²) in [6.07, 6.45) is 21.8. The lowest BCUT2D eigenvalue weighted by Gasteiger charge is -2.18. The van der Waals surface area contributed by atoms with Gasteiger partial charge in [0.2, 0.25) is 0 Å². The van der Waals surface area contributed by atoms with Gasteiger partial charge >= 0.3 is 0 Å². The Morgan fingerprint density at radius 1 is 1.00 bits per heavy atom. The molecule has 0 aromatic rings. The third kappa shape index (κ3) is 6.63. The van der Waals surface area contributed by atoms with Crippen molar-refractivity contribution in [2.75, 3.05) is 6.61 Å². The predicted molar refractivity (Wildman–Crippen MR) is 103 cm³/mol. The summed E-state index contributed by atoms with van der Waals surface area (Å²) in [4.78, 5) is 0. The smallest absolute Gasteiger partial charge is 0.0751 e. The molecule has 3 heteroatoms. The Morgan fingerprint density at radius 2 is 1.76 bits per heavy atom. The zero-order chi connectivity index (χ0) is 17.9. The average Bonchev–Trinajstić information content (AvgIpc) is 3.11. The first-order chi connectivity index (χ1) is 12.3. The van der Waals surface area contributed by atoms with E-state index in [1.54, 1.807) is 11.6 Å². The van der Waals surface area contributed by atoms with Crippen LogP contribution in [0, 0.1) is 17.8 Å². The summed E-state index contributed by atoms with van der Waals surface area (Å²) in [6, 6.07) is 0. The first-order valence-electron chi connectivity index (χ1n) is 10.2. The second kappa shape index (κ2) is 11.5. The quantitative estimate of drug-likeness (QED) is 0.262. The monoisotopic (exact) mass is 348 g/mol. The fourth-order valence-corrected chi connectivity index (χ4v) is 4.46. The molecular formula is C22H36O3. The summed E-state index contributed by atoms with van der Waals surface area (Å²) in [5, 5.41) is 27.8. The summed E-state index contributed by atoms with van der Waals surface area (Å²) in [7, 11) is 0. The first kappa shape index (κ1) is 20.3. The molecule has 3 N–H and O–H groups in total. The molecule has 1 fully saturated rings. The first-order valence-corrected chi connectivity index (χ1v) is 10.2. The van der Waals surface area contributed by atoms with Crippen LogP contribution in [0.5, 0.6) is 0 Å². The van der Waals surface area contributed by atoms with Gasteiger partial charge in [-0.25, -0.2) is 0 Å². The van der Waals surface area contributed by atoms with Gasteiger partial charge in [0.25, 0.3) is 0 Å². The van der Waals surface area contributed by atoms with E-state index in [1.165, 1.54) is 25.7 Å². The van der Waals surface area contributed by atoms with Gasteiger partial charge in [-0.1, -0.05) is 42.7 Å². The van der Waals surface area contributed by atoms with E-state index in [1.807, 2.05) is 0 Å². The average molecular weight is 349 g/mol. The normalized spacial score (nSPS) is 29.0. The number of aliphatic hydroxyl groups excluding tert-OH is 3. The Kier molecular flexibility index (Phi) is 9.35. The molecule has 0 unspecified atom stereocenters. The highest BCUT2D eigenvalue weighted by atomic mass is 16.3. The van der Waals surface area contributed by atoms with Gasteiger partial charge in [0, 0.05) is 12.5 Å². The minimum absolute atomic E-state index is 0.173. The van der Waals surface area contributed by atoms with Crippen molar-refractivity contribution < 1.29 is 15.3 Å². The number of fused-ring (bicyclic) bond motifs is 1. The van der Waals surface area contributed by atoms with E-state index in [2.05, 4.69) is 18.2 Å². The lowest BCUT2D eigenvalue weighted by Crippen LogP contribution is -2.17. The number of hydrogen-bond acceptors (Lipinski definition) is 3. The van der Waals surface area contributed by atoms with Gasteiger partial charge in [-0.15, -0.1) is 0 Å². The summed E-state index contributed by atoms with van der Waals surface area (Å²) >= 11 is 0. The zero-order valence-electron chi connectivity index (χ0n) is 15.5. The number of rotatable bonds is 12. The van der Waals surface area contributed by atoms with Gasteiger partial charge in [-0.3, -0.25) is 0 Å². The molecule has 0 aromatic carbocycles. The molecular weight excluding hydrogens is 312 g/mol. The van der Waals surface area contributed by atoms with Gasteiger partial charge in [-0.05, 0) is 69.6 Å². The van der Waals surface area contributed by atoms with Gasteiger partial charge in [0.15, 0.2) is 0 Å². The highest BCUT2D eigenvalue weighted by molar-refractivity contribution is 5.20. The van der Waals surface area contributed by atoms with Gasteiger partial charge in [0.05, 0.1) is 12.4 Å². The van der Waals surface area contributed by atoms with Crippen LogP contribution in [0.2, 0.25) is 0 Å². The van der Waals surface area contributed by atoms with Crippen LogP contribution in [0.4, 0.5) is 0 Å². The summed E-state index contributed by atoms with van der Waals surface area (Å²) in [5.74, 6) is 1.50. The molecule has 0 aliphatic heterocycles. The molecule has 2 aliphatic rings.